The molecule has 150 valence electrons. The maximum absolute atomic E-state index is 12.6. The molecule has 27 heavy (non-hydrogen) atoms. The van der Waals surface area contributed by atoms with E-state index in [1.165, 1.54) is 17.0 Å². The fourth-order valence-corrected chi connectivity index (χ4v) is 5.58. The van der Waals surface area contributed by atoms with Crippen LogP contribution in [0.5, 0.6) is 0 Å². The largest absolute Gasteiger partial charge is 0.530 e. The lowest BCUT2D eigenvalue weighted by Gasteiger charge is -2.33. The molecule has 0 bridgehead atoms. The molecule has 0 atom stereocenters. The summed E-state index contributed by atoms with van der Waals surface area (Å²) < 4.78 is 28.0. The zero-order valence-corrected chi connectivity index (χ0v) is 16.5. The summed E-state index contributed by atoms with van der Waals surface area (Å²) in [6, 6.07) is 6.04. The first kappa shape index (κ1) is 20.1. The third-order valence-corrected chi connectivity index (χ3v) is 7.28. The standard InChI is InChI=1S/C20H30N2O4S/c23-20(24)22(17-10-6-1-2-7-11-17)18-12-14-19(15-13-18)27(25,26)21-16-8-4-3-5-9-16/h12-17,21H,1-11H2,(H,23,24)/p-1. The third-order valence-electron chi connectivity index (χ3n) is 5.74. The quantitative estimate of drug-likeness (QED) is 0.778. The molecule has 0 aliphatic heterocycles. The SMILES string of the molecule is O=C([O-])N(c1ccc(S(=O)(=O)NC2CCCCC2)cc1)C1CCCCCC1. The van der Waals surface area contributed by atoms with E-state index < -0.39 is 16.1 Å². The van der Waals surface area contributed by atoms with E-state index >= 15 is 0 Å². The predicted molar refractivity (Wildman–Crippen MR) is 103 cm³/mol. The lowest BCUT2D eigenvalue weighted by molar-refractivity contribution is -0.247. The van der Waals surface area contributed by atoms with Crippen LogP contribution < -0.4 is 14.7 Å². The number of benzene rings is 1. The maximum atomic E-state index is 12.6. The molecule has 0 saturated heterocycles. The molecule has 1 aromatic carbocycles. The molecule has 2 fully saturated rings. The summed E-state index contributed by atoms with van der Waals surface area (Å²) in [5, 5.41) is 11.7. The highest BCUT2D eigenvalue weighted by molar-refractivity contribution is 7.89. The van der Waals surface area contributed by atoms with Crippen LogP contribution in [-0.4, -0.2) is 26.6 Å². The smallest absolute Gasteiger partial charge is 0.240 e. The monoisotopic (exact) mass is 393 g/mol. The molecule has 2 aliphatic carbocycles. The van der Waals surface area contributed by atoms with E-state index in [0.717, 1.165) is 70.6 Å². The fourth-order valence-electron chi connectivity index (χ4n) is 4.28. The van der Waals surface area contributed by atoms with Crippen molar-refractivity contribution in [3.63, 3.8) is 0 Å². The summed E-state index contributed by atoms with van der Waals surface area (Å²) in [4.78, 5) is 13.2. The highest BCUT2D eigenvalue weighted by Crippen LogP contribution is 2.28. The maximum Gasteiger partial charge on any atom is 0.240 e. The molecule has 0 spiro atoms. The van der Waals surface area contributed by atoms with Gasteiger partial charge in [-0.3, -0.25) is 0 Å². The van der Waals surface area contributed by atoms with Crippen molar-refractivity contribution in [3.05, 3.63) is 24.3 Å². The number of rotatable bonds is 5. The van der Waals surface area contributed by atoms with Crippen LogP contribution in [0.1, 0.15) is 70.6 Å². The molecule has 2 aliphatic rings. The van der Waals surface area contributed by atoms with E-state index in [0.29, 0.717) is 5.69 Å². The number of anilines is 1. The zero-order chi connectivity index (χ0) is 19.3. The molecule has 1 amide bonds. The Kier molecular flexibility index (Phi) is 6.76. The summed E-state index contributed by atoms with van der Waals surface area (Å²) in [7, 11) is -3.58. The van der Waals surface area contributed by atoms with Gasteiger partial charge in [-0.15, -0.1) is 0 Å². The van der Waals surface area contributed by atoms with Crippen molar-refractivity contribution in [2.75, 3.05) is 4.90 Å². The van der Waals surface area contributed by atoms with Crippen LogP contribution in [0.3, 0.4) is 0 Å². The molecule has 6 nitrogen and oxygen atoms in total. The molecule has 1 aromatic rings. The molecule has 1 N–H and O–H groups in total. The average Bonchev–Trinajstić information content (AvgIpc) is 2.92. The summed E-state index contributed by atoms with van der Waals surface area (Å²) in [6.07, 6.45) is 9.68. The number of amides is 1. The number of carbonyl (C=O) groups is 1. The second-order valence-electron chi connectivity index (χ2n) is 7.73. The van der Waals surface area contributed by atoms with Gasteiger partial charge in [0.2, 0.25) is 10.0 Å². The Morgan fingerprint density at radius 1 is 0.889 bits per heavy atom. The molecular weight excluding hydrogens is 364 g/mol. The number of sulfonamides is 1. The van der Waals surface area contributed by atoms with Gasteiger partial charge in [0.15, 0.2) is 0 Å². The van der Waals surface area contributed by atoms with Gasteiger partial charge in [0, 0.05) is 17.8 Å². The Bertz CT molecular complexity index is 719. The summed E-state index contributed by atoms with van der Waals surface area (Å²) >= 11 is 0. The molecular formula is C20H29N2O4S-. The van der Waals surface area contributed by atoms with Crippen molar-refractivity contribution in [3.8, 4) is 0 Å². The van der Waals surface area contributed by atoms with Gasteiger partial charge in [0.25, 0.3) is 0 Å². The second-order valence-corrected chi connectivity index (χ2v) is 9.45. The zero-order valence-electron chi connectivity index (χ0n) is 15.7. The van der Waals surface area contributed by atoms with Gasteiger partial charge in [-0.2, -0.15) is 0 Å². The van der Waals surface area contributed by atoms with Gasteiger partial charge in [0.05, 0.1) is 4.90 Å². The Labute approximate surface area is 162 Å². The normalized spacial score (nSPS) is 20.1. The van der Waals surface area contributed by atoms with Gasteiger partial charge in [-0.1, -0.05) is 44.9 Å². The van der Waals surface area contributed by atoms with Gasteiger partial charge in [-0.05, 0) is 49.9 Å². The number of nitrogens with one attached hydrogen (secondary N) is 1. The minimum atomic E-state index is -3.58. The van der Waals surface area contributed by atoms with Crippen LogP contribution in [0.4, 0.5) is 10.5 Å². The molecule has 2 saturated carbocycles. The average molecular weight is 394 g/mol. The van der Waals surface area contributed by atoms with E-state index in [-0.39, 0.29) is 17.0 Å². The van der Waals surface area contributed by atoms with Crippen LogP contribution in [0.25, 0.3) is 0 Å². The molecule has 0 radical (unpaired) electrons. The fraction of sp³-hybridized carbons (Fsp3) is 0.650. The van der Waals surface area contributed by atoms with Crippen LogP contribution in [0.15, 0.2) is 29.2 Å². The topological polar surface area (TPSA) is 89.5 Å². The molecule has 7 heteroatoms. The van der Waals surface area contributed by atoms with Crippen LogP contribution in [0, 0.1) is 0 Å². The van der Waals surface area contributed by atoms with Crippen molar-refractivity contribution < 1.29 is 18.3 Å². The Hall–Kier alpha value is -1.60. The molecule has 0 heterocycles. The summed E-state index contributed by atoms with van der Waals surface area (Å²) in [6.45, 7) is 0. The van der Waals surface area contributed by atoms with Crippen LogP contribution >= 0.6 is 0 Å². The van der Waals surface area contributed by atoms with Gasteiger partial charge in [0.1, 0.15) is 6.09 Å². The first-order valence-corrected chi connectivity index (χ1v) is 11.6. The predicted octanol–water partition coefficient (Wildman–Crippen LogP) is 3.17. The number of carbonyl (C=O) groups excluding carboxylic acids is 1. The van der Waals surface area contributed by atoms with Crippen LogP contribution in [-0.2, 0) is 10.0 Å². The van der Waals surface area contributed by atoms with Crippen molar-refractivity contribution in [2.45, 2.75) is 87.6 Å². The highest BCUT2D eigenvalue weighted by atomic mass is 32.2. The molecule has 0 unspecified atom stereocenters. The number of hydrogen-bond donors (Lipinski definition) is 1. The number of hydrogen-bond acceptors (Lipinski definition) is 4. The lowest BCUT2D eigenvalue weighted by Crippen LogP contribution is -2.47. The summed E-state index contributed by atoms with van der Waals surface area (Å²) in [5.41, 5.74) is 0.485. The van der Waals surface area contributed by atoms with Gasteiger partial charge in [-0.25, -0.2) is 13.1 Å². The number of carboxylic acid groups (broad SMARTS) is 1. The van der Waals surface area contributed by atoms with E-state index in [1.807, 2.05) is 0 Å². The molecule has 3 rings (SSSR count). The van der Waals surface area contributed by atoms with Crippen molar-refractivity contribution in [1.82, 2.24) is 4.72 Å². The number of nitrogens with zero attached hydrogens (tertiary/aromatic N) is 1. The van der Waals surface area contributed by atoms with Crippen molar-refractivity contribution >= 4 is 21.8 Å². The van der Waals surface area contributed by atoms with E-state index in [1.54, 1.807) is 12.1 Å². The van der Waals surface area contributed by atoms with Gasteiger partial charge < -0.3 is 14.8 Å². The first-order valence-electron chi connectivity index (χ1n) is 10.1. The Morgan fingerprint density at radius 3 is 1.96 bits per heavy atom. The first-order chi connectivity index (χ1) is 13.0. The second kappa shape index (κ2) is 9.06. The van der Waals surface area contributed by atoms with Crippen LogP contribution in [0.2, 0.25) is 0 Å². The van der Waals surface area contributed by atoms with E-state index in [9.17, 15) is 18.3 Å². The highest BCUT2D eigenvalue weighted by Gasteiger charge is 2.24. The Balaban J connectivity index is 1.74. The van der Waals surface area contributed by atoms with Crippen molar-refractivity contribution in [1.29, 1.82) is 0 Å². The van der Waals surface area contributed by atoms with Crippen molar-refractivity contribution in [2.24, 2.45) is 0 Å². The van der Waals surface area contributed by atoms with Gasteiger partial charge >= 0.3 is 0 Å². The Morgan fingerprint density at radius 2 is 1.41 bits per heavy atom. The minimum absolute atomic E-state index is 0.00543. The molecule has 0 aromatic heterocycles. The lowest BCUT2D eigenvalue weighted by atomic mass is 9.96. The third kappa shape index (κ3) is 5.23. The minimum Gasteiger partial charge on any atom is -0.530 e. The van der Waals surface area contributed by atoms with E-state index in [2.05, 4.69) is 4.72 Å². The summed E-state index contributed by atoms with van der Waals surface area (Å²) in [5.74, 6) is 0. The van der Waals surface area contributed by atoms with E-state index in [4.69, 9.17) is 0 Å².